The van der Waals surface area contributed by atoms with Crippen LogP contribution in [0.15, 0.2) is 38.7 Å². The first-order chi connectivity index (χ1) is 11.4. The number of carbonyl (C=O) groups is 1. The van der Waals surface area contributed by atoms with Crippen molar-refractivity contribution in [2.24, 2.45) is 0 Å². The zero-order valence-electron chi connectivity index (χ0n) is 13.0. The predicted molar refractivity (Wildman–Crippen MR) is 103 cm³/mol. The summed E-state index contributed by atoms with van der Waals surface area (Å²) in [6.45, 7) is 3.84. The molecule has 5 nitrogen and oxygen atoms in total. The molecular formula is C16H14BrN3O2S2. The van der Waals surface area contributed by atoms with Gasteiger partial charge < -0.3 is 5.84 Å². The molecular weight excluding hydrogens is 410 g/mol. The Morgan fingerprint density at radius 3 is 2.67 bits per heavy atom. The van der Waals surface area contributed by atoms with Gasteiger partial charge in [-0.2, -0.15) is 0 Å². The Bertz CT molecular complexity index is 993. The van der Waals surface area contributed by atoms with Crippen molar-refractivity contribution in [1.29, 1.82) is 0 Å². The number of carbonyl (C=O) groups excluding carboxylic acids is 1. The number of hydrogen-bond donors (Lipinski definition) is 1. The first kappa shape index (κ1) is 17.2. The van der Waals surface area contributed by atoms with Crippen molar-refractivity contribution in [2.45, 2.75) is 19.0 Å². The van der Waals surface area contributed by atoms with E-state index in [-0.39, 0.29) is 17.1 Å². The molecule has 8 heteroatoms. The van der Waals surface area contributed by atoms with Gasteiger partial charge in [0.25, 0.3) is 5.56 Å². The molecule has 0 aliphatic rings. The van der Waals surface area contributed by atoms with Gasteiger partial charge in [0.05, 0.1) is 11.1 Å². The first-order valence-corrected chi connectivity index (χ1v) is 9.67. The van der Waals surface area contributed by atoms with Gasteiger partial charge in [0.2, 0.25) is 0 Å². The van der Waals surface area contributed by atoms with Gasteiger partial charge in [0.15, 0.2) is 10.9 Å². The Hall–Kier alpha value is -1.64. The summed E-state index contributed by atoms with van der Waals surface area (Å²) in [4.78, 5) is 30.9. The Balaban J connectivity index is 1.88. The molecule has 2 heterocycles. The molecule has 0 spiro atoms. The van der Waals surface area contributed by atoms with Gasteiger partial charge >= 0.3 is 0 Å². The van der Waals surface area contributed by atoms with Gasteiger partial charge in [-0.05, 0) is 31.5 Å². The molecule has 2 N–H and O–H groups in total. The van der Waals surface area contributed by atoms with Crippen LogP contribution in [0.4, 0.5) is 0 Å². The largest absolute Gasteiger partial charge is 0.334 e. The maximum Gasteiger partial charge on any atom is 0.281 e. The molecule has 0 unspecified atom stereocenters. The minimum atomic E-state index is -0.277. The normalized spacial score (nSPS) is 11.1. The molecule has 1 aromatic carbocycles. The topological polar surface area (TPSA) is 78.0 Å². The molecule has 0 aliphatic carbocycles. The van der Waals surface area contributed by atoms with Crippen molar-refractivity contribution in [1.82, 2.24) is 9.66 Å². The van der Waals surface area contributed by atoms with Gasteiger partial charge in [0.1, 0.15) is 4.83 Å². The first-order valence-electron chi connectivity index (χ1n) is 7.08. The maximum atomic E-state index is 12.4. The fourth-order valence-corrected chi connectivity index (χ4v) is 4.39. The fraction of sp³-hybridized carbons (Fsp3) is 0.188. The summed E-state index contributed by atoms with van der Waals surface area (Å²) in [7, 11) is 0. The summed E-state index contributed by atoms with van der Waals surface area (Å²) in [5.41, 5.74) is 1.25. The summed E-state index contributed by atoms with van der Waals surface area (Å²) in [5, 5.41) is 0.905. The molecule has 2 aromatic heterocycles. The summed E-state index contributed by atoms with van der Waals surface area (Å²) in [6.07, 6.45) is 0. The SMILES string of the molecule is Cc1sc2nc(SCC(=O)c3ccc(Br)cc3)n(N)c(=O)c2c1C. The minimum absolute atomic E-state index is 0.0413. The van der Waals surface area contributed by atoms with E-state index in [1.54, 1.807) is 12.1 Å². The second-order valence-electron chi connectivity index (χ2n) is 5.25. The van der Waals surface area contributed by atoms with Crippen LogP contribution in [0.2, 0.25) is 0 Å². The lowest BCUT2D eigenvalue weighted by atomic mass is 10.2. The summed E-state index contributed by atoms with van der Waals surface area (Å²) in [6, 6.07) is 7.15. The molecule has 3 rings (SSSR count). The molecule has 24 heavy (non-hydrogen) atoms. The van der Waals surface area contributed by atoms with E-state index >= 15 is 0 Å². The monoisotopic (exact) mass is 423 g/mol. The number of halogens is 1. The lowest BCUT2D eigenvalue weighted by Crippen LogP contribution is -2.30. The van der Waals surface area contributed by atoms with E-state index in [4.69, 9.17) is 5.84 Å². The van der Waals surface area contributed by atoms with Crippen molar-refractivity contribution < 1.29 is 4.79 Å². The number of nitrogens with zero attached hydrogens (tertiary/aromatic N) is 2. The number of benzene rings is 1. The Kier molecular flexibility index (Phi) is 4.80. The number of nitrogen functional groups attached to an aromatic ring is 1. The van der Waals surface area contributed by atoms with Crippen molar-refractivity contribution in [3.05, 3.63) is 55.1 Å². The number of hydrogen-bond acceptors (Lipinski definition) is 6. The van der Waals surface area contributed by atoms with Gasteiger partial charge in [-0.15, -0.1) is 11.3 Å². The number of thioether (sulfide) groups is 1. The van der Waals surface area contributed by atoms with Crippen LogP contribution < -0.4 is 11.4 Å². The highest BCUT2D eigenvalue weighted by Gasteiger charge is 2.16. The van der Waals surface area contributed by atoms with Crippen molar-refractivity contribution >= 4 is 55.0 Å². The second kappa shape index (κ2) is 6.70. The Labute approximate surface area is 155 Å². The fourth-order valence-electron chi connectivity index (χ4n) is 2.24. The second-order valence-corrected chi connectivity index (χ2v) is 8.31. The number of fused-ring (bicyclic) bond motifs is 1. The summed E-state index contributed by atoms with van der Waals surface area (Å²) in [5.74, 6) is 6.01. The molecule has 0 aliphatic heterocycles. The van der Waals surface area contributed by atoms with Crippen LogP contribution in [0.1, 0.15) is 20.8 Å². The van der Waals surface area contributed by atoms with E-state index in [0.29, 0.717) is 20.9 Å². The van der Waals surface area contributed by atoms with Crippen LogP contribution in [-0.2, 0) is 0 Å². The third-order valence-corrected chi connectivity index (χ3v) is 6.28. The number of nitrogens with two attached hydrogens (primary N) is 1. The molecule has 0 atom stereocenters. The summed E-state index contributed by atoms with van der Waals surface area (Å²) < 4.78 is 1.94. The third-order valence-electron chi connectivity index (χ3n) is 3.70. The molecule has 124 valence electrons. The van der Waals surface area contributed by atoms with Gasteiger partial charge in [-0.3, -0.25) is 9.59 Å². The van der Waals surface area contributed by atoms with E-state index in [9.17, 15) is 9.59 Å². The number of rotatable bonds is 4. The lowest BCUT2D eigenvalue weighted by molar-refractivity contribution is 0.102. The van der Waals surface area contributed by atoms with Crippen LogP contribution in [0.5, 0.6) is 0 Å². The van der Waals surface area contributed by atoms with E-state index in [1.165, 1.54) is 23.1 Å². The molecule has 3 aromatic rings. The van der Waals surface area contributed by atoms with Crippen molar-refractivity contribution in [3.63, 3.8) is 0 Å². The quantitative estimate of drug-likeness (QED) is 0.300. The van der Waals surface area contributed by atoms with E-state index in [2.05, 4.69) is 20.9 Å². The molecule has 0 bridgehead atoms. The van der Waals surface area contributed by atoms with Crippen LogP contribution in [0.3, 0.4) is 0 Å². The number of aryl methyl sites for hydroxylation is 2. The zero-order chi connectivity index (χ0) is 17.4. The van der Waals surface area contributed by atoms with E-state index in [0.717, 1.165) is 19.6 Å². The number of aromatic nitrogens is 2. The molecule has 0 radical (unpaired) electrons. The average molecular weight is 424 g/mol. The summed E-state index contributed by atoms with van der Waals surface area (Å²) >= 11 is 5.97. The maximum absolute atomic E-state index is 12.4. The van der Waals surface area contributed by atoms with Crippen LogP contribution in [0, 0.1) is 13.8 Å². The van der Waals surface area contributed by atoms with Gasteiger partial charge in [0, 0.05) is 14.9 Å². The standard InChI is InChI=1S/C16H14BrN3O2S2/c1-8-9(2)24-14-13(8)15(22)20(18)16(19-14)23-7-12(21)10-3-5-11(17)6-4-10/h3-6H,7,18H2,1-2H3. The molecule has 0 amide bonds. The Morgan fingerprint density at radius 1 is 1.33 bits per heavy atom. The number of ketones is 1. The van der Waals surface area contributed by atoms with Crippen molar-refractivity contribution in [3.8, 4) is 0 Å². The van der Waals surface area contributed by atoms with Gasteiger partial charge in [-0.1, -0.05) is 39.8 Å². The number of Topliss-reactive ketones (excluding diaryl/α,β-unsaturated/α-hetero) is 1. The van der Waals surface area contributed by atoms with Crippen LogP contribution in [-0.4, -0.2) is 21.2 Å². The molecule has 0 saturated carbocycles. The predicted octanol–water partition coefficient (Wildman–Crippen LogP) is 3.53. The third kappa shape index (κ3) is 3.13. The van der Waals surface area contributed by atoms with Crippen LogP contribution in [0.25, 0.3) is 10.2 Å². The average Bonchev–Trinajstić information content (AvgIpc) is 2.84. The lowest BCUT2D eigenvalue weighted by Gasteiger charge is -2.06. The number of thiophene rings is 1. The van der Waals surface area contributed by atoms with E-state index < -0.39 is 0 Å². The Morgan fingerprint density at radius 2 is 2.00 bits per heavy atom. The minimum Gasteiger partial charge on any atom is -0.334 e. The highest BCUT2D eigenvalue weighted by molar-refractivity contribution is 9.10. The molecule has 0 saturated heterocycles. The van der Waals surface area contributed by atoms with E-state index in [1.807, 2.05) is 26.0 Å². The highest BCUT2D eigenvalue weighted by Crippen LogP contribution is 2.28. The zero-order valence-corrected chi connectivity index (χ0v) is 16.2. The van der Waals surface area contributed by atoms with Crippen LogP contribution >= 0.6 is 39.0 Å². The highest BCUT2D eigenvalue weighted by atomic mass is 79.9. The smallest absolute Gasteiger partial charge is 0.281 e. The molecule has 0 fully saturated rings. The van der Waals surface area contributed by atoms with Gasteiger partial charge in [-0.25, -0.2) is 9.66 Å². The van der Waals surface area contributed by atoms with Crippen molar-refractivity contribution in [2.75, 3.05) is 11.6 Å².